The molecule has 1 aliphatic heterocycles. The molecule has 1 aromatic rings. The molecule has 100 valence electrons. The predicted molar refractivity (Wildman–Crippen MR) is 77.0 cm³/mol. The Morgan fingerprint density at radius 2 is 2.22 bits per heavy atom. The number of hydrogen-bond acceptors (Lipinski definition) is 3. The summed E-state index contributed by atoms with van der Waals surface area (Å²) in [7, 11) is 0. The van der Waals surface area contributed by atoms with Crippen molar-refractivity contribution in [3.05, 3.63) is 23.5 Å². The van der Waals surface area contributed by atoms with Crippen LogP contribution in [0.25, 0.3) is 0 Å². The molecule has 18 heavy (non-hydrogen) atoms. The van der Waals surface area contributed by atoms with E-state index in [1.807, 2.05) is 6.20 Å². The van der Waals surface area contributed by atoms with Gasteiger partial charge in [0.05, 0.1) is 0 Å². The second kappa shape index (κ2) is 5.27. The summed E-state index contributed by atoms with van der Waals surface area (Å²) >= 11 is 0. The minimum absolute atomic E-state index is 0.273. The van der Waals surface area contributed by atoms with Gasteiger partial charge < -0.3 is 10.2 Å². The van der Waals surface area contributed by atoms with Crippen LogP contribution in [0, 0.1) is 6.92 Å². The van der Waals surface area contributed by atoms with Gasteiger partial charge in [-0.3, -0.25) is 4.98 Å². The summed E-state index contributed by atoms with van der Waals surface area (Å²) in [5, 5.41) is 3.41. The Bertz CT molecular complexity index is 412. The first-order valence-corrected chi connectivity index (χ1v) is 6.98. The zero-order valence-electron chi connectivity index (χ0n) is 12.1. The van der Waals surface area contributed by atoms with Crippen molar-refractivity contribution in [2.24, 2.45) is 0 Å². The van der Waals surface area contributed by atoms with E-state index in [4.69, 9.17) is 0 Å². The van der Waals surface area contributed by atoms with Crippen LogP contribution in [-0.2, 0) is 6.54 Å². The molecule has 1 N–H and O–H groups in total. The number of anilines is 1. The van der Waals surface area contributed by atoms with Gasteiger partial charge >= 0.3 is 0 Å². The van der Waals surface area contributed by atoms with E-state index in [2.05, 4.69) is 49.0 Å². The summed E-state index contributed by atoms with van der Waals surface area (Å²) in [5.41, 5.74) is 4.06. The molecule has 0 saturated carbocycles. The first kappa shape index (κ1) is 13.3. The van der Waals surface area contributed by atoms with Crippen LogP contribution in [0.4, 0.5) is 5.69 Å². The second-order valence-corrected chi connectivity index (χ2v) is 5.80. The molecule has 2 rings (SSSR count). The van der Waals surface area contributed by atoms with Crippen LogP contribution in [-0.4, -0.2) is 23.6 Å². The predicted octanol–water partition coefficient (Wildman–Crippen LogP) is 2.88. The number of hydrogen-bond donors (Lipinski definition) is 1. The van der Waals surface area contributed by atoms with Gasteiger partial charge in [-0.15, -0.1) is 0 Å². The summed E-state index contributed by atoms with van der Waals surface area (Å²) < 4.78 is 0. The Morgan fingerprint density at radius 1 is 1.44 bits per heavy atom. The third-order valence-corrected chi connectivity index (χ3v) is 3.86. The molecular formula is C15H25N3. The highest BCUT2D eigenvalue weighted by Crippen LogP contribution is 2.35. The summed E-state index contributed by atoms with van der Waals surface area (Å²) in [4.78, 5) is 7.00. The highest BCUT2D eigenvalue weighted by molar-refractivity contribution is 5.56. The topological polar surface area (TPSA) is 28.2 Å². The Morgan fingerprint density at radius 3 is 2.83 bits per heavy atom. The van der Waals surface area contributed by atoms with Crippen LogP contribution in [0.3, 0.4) is 0 Å². The standard InChI is InChI=1S/C15H25N3/c1-5-16-10-13-11-17-12(2)9-14(13)18-8-6-7-15(18,3)4/h9,11,16H,5-8,10H2,1-4H3. The Balaban J connectivity index is 2.32. The maximum atomic E-state index is 4.45. The second-order valence-electron chi connectivity index (χ2n) is 5.80. The van der Waals surface area contributed by atoms with E-state index in [9.17, 15) is 0 Å². The van der Waals surface area contributed by atoms with Crippen LogP contribution >= 0.6 is 0 Å². The fourth-order valence-corrected chi connectivity index (χ4v) is 2.77. The fourth-order valence-electron chi connectivity index (χ4n) is 2.77. The lowest BCUT2D eigenvalue weighted by molar-refractivity contribution is 0.515. The van der Waals surface area contributed by atoms with E-state index in [-0.39, 0.29) is 5.54 Å². The smallest absolute Gasteiger partial charge is 0.0449 e. The molecule has 1 fully saturated rings. The van der Waals surface area contributed by atoms with Crippen molar-refractivity contribution in [3.63, 3.8) is 0 Å². The van der Waals surface area contributed by atoms with Crippen molar-refractivity contribution in [3.8, 4) is 0 Å². The summed E-state index contributed by atoms with van der Waals surface area (Å²) in [6, 6.07) is 2.24. The average molecular weight is 247 g/mol. The monoisotopic (exact) mass is 247 g/mol. The third-order valence-electron chi connectivity index (χ3n) is 3.86. The van der Waals surface area contributed by atoms with Crippen LogP contribution in [0.5, 0.6) is 0 Å². The normalized spacial score (nSPS) is 18.3. The quantitative estimate of drug-likeness (QED) is 0.886. The highest BCUT2D eigenvalue weighted by atomic mass is 15.2. The Hall–Kier alpha value is -1.09. The van der Waals surface area contributed by atoms with Gasteiger partial charge in [-0.05, 0) is 46.2 Å². The molecular weight excluding hydrogens is 222 g/mol. The van der Waals surface area contributed by atoms with E-state index >= 15 is 0 Å². The van der Waals surface area contributed by atoms with Crippen molar-refractivity contribution in [2.45, 2.75) is 52.6 Å². The minimum Gasteiger partial charge on any atom is -0.366 e. The molecule has 0 radical (unpaired) electrons. The minimum atomic E-state index is 0.273. The van der Waals surface area contributed by atoms with Gasteiger partial charge in [0, 0.05) is 41.8 Å². The number of aryl methyl sites for hydroxylation is 1. The summed E-state index contributed by atoms with van der Waals surface area (Å²) in [5.74, 6) is 0. The SMILES string of the molecule is CCNCc1cnc(C)cc1N1CCCC1(C)C. The number of rotatable bonds is 4. The fraction of sp³-hybridized carbons (Fsp3) is 0.667. The van der Waals surface area contributed by atoms with Gasteiger partial charge in [0.1, 0.15) is 0 Å². The van der Waals surface area contributed by atoms with Crippen LogP contribution < -0.4 is 10.2 Å². The molecule has 3 nitrogen and oxygen atoms in total. The Labute approximate surface area is 111 Å². The van der Waals surface area contributed by atoms with Gasteiger partial charge in [-0.25, -0.2) is 0 Å². The number of aromatic nitrogens is 1. The molecule has 0 aromatic carbocycles. The van der Waals surface area contributed by atoms with E-state index in [0.29, 0.717) is 0 Å². The molecule has 1 saturated heterocycles. The largest absolute Gasteiger partial charge is 0.366 e. The molecule has 0 bridgehead atoms. The number of nitrogens with zero attached hydrogens (tertiary/aromatic N) is 2. The van der Waals surface area contributed by atoms with Crippen molar-refractivity contribution in [2.75, 3.05) is 18.0 Å². The average Bonchev–Trinajstić information content (AvgIpc) is 2.67. The molecule has 0 aliphatic carbocycles. The lowest BCUT2D eigenvalue weighted by atomic mass is 10.0. The highest BCUT2D eigenvalue weighted by Gasteiger charge is 2.33. The number of nitrogens with one attached hydrogen (secondary N) is 1. The van der Waals surface area contributed by atoms with Crippen molar-refractivity contribution < 1.29 is 0 Å². The van der Waals surface area contributed by atoms with Crippen LogP contribution in [0.1, 0.15) is 44.9 Å². The van der Waals surface area contributed by atoms with Crippen LogP contribution in [0.2, 0.25) is 0 Å². The maximum Gasteiger partial charge on any atom is 0.0449 e. The van der Waals surface area contributed by atoms with E-state index < -0.39 is 0 Å². The zero-order valence-corrected chi connectivity index (χ0v) is 12.1. The molecule has 0 spiro atoms. The molecule has 1 aliphatic rings. The van der Waals surface area contributed by atoms with Gasteiger partial charge in [0.25, 0.3) is 0 Å². The summed E-state index contributed by atoms with van der Waals surface area (Å²) in [6.45, 7) is 12.0. The first-order chi connectivity index (χ1) is 8.54. The molecule has 2 heterocycles. The van der Waals surface area contributed by atoms with Crippen molar-refractivity contribution >= 4 is 5.69 Å². The van der Waals surface area contributed by atoms with Gasteiger partial charge in [0.2, 0.25) is 0 Å². The Kier molecular flexibility index (Phi) is 3.91. The van der Waals surface area contributed by atoms with E-state index in [1.165, 1.54) is 24.1 Å². The molecule has 0 atom stereocenters. The van der Waals surface area contributed by atoms with E-state index in [0.717, 1.165) is 25.3 Å². The van der Waals surface area contributed by atoms with Crippen LogP contribution in [0.15, 0.2) is 12.3 Å². The molecule has 0 amide bonds. The molecule has 3 heteroatoms. The number of pyridine rings is 1. The lowest BCUT2D eigenvalue weighted by Crippen LogP contribution is -2.39. The van der Waals surface area contributed by atoms with Gasteiger partial charge in [-0.1, -0.05) is 6.92 Å². The third kappa shape index (κ3) is 2.66. The lowest BCUT2D eigenvalue weighted by Gasteiger charge is -2.35. The molecule has 1 aromatic heterocycles. The summed E-state index contributed by atoms with van der Waals surface area (Å²) in [6.07, 6.45) is 4.59. The molecule has 0 unspecified atom stereocenters. The zero-order chi connectivity index (χ0) is 13.2. The van der Waals surface area contributed by atoms with E-state index in [1.54, 1.807) is 0 Å². The maximum absolute atomic E-state index is 4.45. The van der Waals surface area contributed by atoms with Gasteiger partial charge in [-0.2, -0.15) is 0 Å². The van der Waals surface area contributed by atoms with Crippen molar-refractivity contribution in [1.29, 1.82) is 0 Å². The van der Waals surface area contributed by atoms with Crippen molar-refractivity contribution in [1.82, 2.24) is 10.3 Å². The first-order valence-electron chi connectivity index (χ1n) is 6.98. The van der Waals surface area contributed by atoms with Gasteiger partial charge in [0.15, 0.2) is 0 Å².